The van der Waals surface area contributed by atoms with E-state index in [1.807, 2.05) is 0 Å². The summed E-state index contributed by atoms with van der Waals surface area (Å²) in [5.74, 6) is -0.0134. The molecule has 0 bridgehead atoms. The molecule has 1 aromatic rings. The summed E-state index contributed by atoms with van der Waals surface area (Å²) in [5.41, 5.74) is 0.301. The first-order valence-electron chi connectivity index (χ1n) is 5.10. The molecule has 4 heteroatoms. The van der Waals surface area contributed by atoms with Crippen molar-refractivity contribution in [3.63, 3.8) is 0 Å². The number of rotatable bonds is 4. The molecule has 0 amide bonds. The highest BCUT2D eigenvalue weighted by Crippen LogP contribution is 2.15. The largest absolute Gasteiger partial charge is 0.503 e. The van der Waals surface area contributed by atoms with Crippen molar-refractivity contribution >= 4 is 0 Å². The zero-order chi connectivity index (χ0) is 11.4. The summed E-state index contributed by atoms with van der Waals surface area (Å²) in [7, 11) is 1.77. The quantitative estimate of drug-likeness (QED) is 0.769. The lowest BCUT2D eigenvalue weighted by Crippen LogP contribution is -2.14. The van der Waals surface area contributed by atoms with E-state index in [9.17, 15) is 9.90 Å². The maximum absolute atomic E-state index is 11.5. The van der Waals surface area contributed by atoms with E-state index in [0.717, 1.165) is 18.5 Å². The third-order valence-electron chi connectivity index (χ3n) is 2.36. The van der Waals surface area contributed by atoms with Crippen molar-refractivity contribution in [2.24, 2.45) is 7.05 Å². The first kappa shape index (κ1) is 11.6. The predicted molar refractivity (Wildman–Crippen MR) is 58.5 cm³/mol. The first-order chi connectivity index (χ1) is 7.07. The van der Waals surface area contributed by atoms with E-state index in [-0.39, 0.29) is 11.5 Å². The van der Waals surface area contributed by atoms with E-state index in [2.05, 4.69) is 6.92 Å². The summed E-state index contributed by atoms with van der Waals surface area (Å²) in [6, 6.07) is 0. The molecule has 0 saturated carbocycles. The van der Waals surface area contributed by atoms with Crippen LogP contribution in [0.5, 0.6) is 11.5 Å². The second-order valence-corrected chi connectivity index (χ2v) is 3.57. The van der Waals surface area contributed by atoms with Crippen LogP contribution in [0.2, 0.25) is 0 Å². The molecule has 0 aliphatic carbocycles. The number of aromatic nitrogens is 1. The lowest BCUT2D eigenvalue weighted by atomic mass is 10.3. The fourth-order valence-corrected chi connectivity index (χ4v) is 1.27. The summed E-state index contributed by atoms with van der Waals surface area (Å²) in [5, 5.41) is 9.35. The maximum Gasteiger partial charge on any atom is 0.265 e. The Morgan fingerprint density at radius 2 is 2.20 bits per heavy atom. The highest BCUT2D eigenvalue weighted by Gasteiger charge is 2.11. The Labute approximate surface area is 89.1 Å². The van der Waals surface area contributed by atoms with Crippen molar-refractivity contribution in [3.05, 3.63) is 22.1 Å². The van der Waals surface area contributed by atoms with Crippen LogP contribution in [0.25, 0.3) is 0 Å². The summed E-state index contributed by atoms with van der Waals surface area (Å²) in [6.45, 7) is 4.36. The average molecular weight is 211 g/mol. The zero-order valence-corrected chi connectivity index (χ0v) is 9.41. The first-order valence-corrected chi connectivity index (χ1v) is 5.10. The number of aryl methyl sites for hydroxylation is 1. The van der Waals surface area contributed by atoms with Gasteiger partial charge in [-0.1, -0.05) is 13.3 Å². The molecule has 15 heavy (non-hydrogen) atoms. The molecule has 0 aromatic carbocycles. The van der Waals surface area contributed by atoms with Crippen LogP contribution in [-0.4, -0.2) is 16.3 Å². The highest BCUT2D eigenvalue weighted by molar-refractivity contribution is 5.34. The second kappa shape index (κ2) is 4.87. The molecule has 0 aliphatic heterocycles. The smallest absolute Gasteiger partial charge is 0.265 e. The number of hydrogen-bond acceptors (Lipinski definition) is 3. The molecule has 0 atom stereocenters. The Hall–Kier alpha value is -1.45. The fraction of sp³-hybridized carbons (Fsp3) is 0.545. The van der Waals surface area contributed by atoms with Gasteiger partial charge in [-0.05, 0) is 13.3 Å². The summed E-state index contributed by atoms with van der Waals surface area (Å²) in [4.78, 5) is 11.5. The van der Waals surface area contributed by atoms with Gasteiger partial charge in [0.2, 0.25) is 0 Å². The van der Waals surface area contributed by atoms with Gasteiger partial charge in [0.05, 0.1) is 18.5 Å². The van der Waals surface area contributed by atoms with Crippen molar-refractivity contribution in [2.45, 2.75) is 26.7 Å². The topological polar surface area (TPSA) is 51.5 Å². The van der Waals surface area contributed by atoms with Crippen LogP contribution in [0.4, 0.5) is 0 Å². The van der Waals surface area contributed by atoms with Gasteiger partial charge in [0.1, 0.15) is 0 Å². The van der Waals surface area contributed by atoms with E-state index in [4.69, 9.17) is 4.74 Å². The predicted octanol–water partition coefficient (Wildman–Crippen LogP) is 1.58. The number of nitrogens with zero attached hydrogens (tertiary/aromatic N) is 1. The highest BCUT2D eigenvalue weighted by atomic mass is 16.5. The molecule has 84 valence electrons. The van der Waals surface area contributed by atoms with Crippen LogP contribution in [0.1, 0.15) is 25.5 Å². The van der Waals surface area contributed by atoms with Gasteiger partial charge in [-0.25, -0.2) is 0 Å². The Morgan fingerprint density at radius 3 is 2.80 bits per heavy atom. The number of ether oxygens (including phenoxy) is 1. The third-order valence-corrected chi connectivity index (χ3v) is 2.36. The molecule has 0 radical (unpaired) electrons. The average Bonchev–Trinajstić information content (AvgIpc) is 2.20. The molecular weight excluding hydrogens is 194 g/mol. The third kappa shape index (κ3) is 2.52. The zero-order valence-electron chi connectivity index (χ0n) is 9.41. The Morgan fingerprint density at radius 1 is 1.53 bits per heavy atom. The molecule has 0 aliphatic rings. The van der Waals surface area contributed by atoms with Crippen LogP contribution < -0.4 is 10.2 Å². The minimum Gasteiger partial charge on any atom is -0.503 e. The molecule has 0 saturated heterocycles. The lowest BCUT2D eigenvalue weighted by molar-refractivity contribution is 0.298. The van der Waals surface area contributed by atoms with Gasteiger partial charge in [-0.2, -0.15) is 0 Å². The van der Waals surface area contributed by atoms with E-state index in [1.54, 1.807) is 18.5 Å². The van der Waals surface area contributed by atoms with Gasteiger partial charge in [-0.3, -0.25) is 4.79 Å². The molecule has 0 unspecified atom stereocenters. The molecule has 0 fully saturated rings. The molecule has 0 spiro atoms. The van der Waals surface area contributed by atoms with Gasteiger partial charge in [0.15, 0.2) is 11.5 Å². The molecule has 1 heterocycles. The van der Waals surface area contributed by atoms with Gasteiger partial charge in [-0.15, -0.1) is 0 Å². The summed E-state index contributed by atoms with van der Waals surface area (Å²) < 4.78 is 7.05. The minimum absolute atomic E-state index is 0.256. The number of unbranched alkanes of at least 4 members (excludes halogenated alkanes) is 1. The Balaban J connectivity index is 3.00. The Bertz CT molecular complexity index is 396. The Kier molecular flexibility index (Phi) is 3.77. The molecule has 1 rings (SSSR count). The van der Waals surface area contributed by atoms with Crippen LogP contribution in [0.15, 0.2) is 11.0 Å². The van der Waals surface area contributed by atoms with Crippen molar-refractivity contribution in [2.75, 3.05) is 6.61 Å². The number of hydrogen-bond donors (Lipinski definition) is 1. The standard InChI is InChI=1S/C11H17NO3/c1-4-5-6-15-11-8(2)12(3)7-9(13)10(11)14/h7,13H,4-6H2,1-3H3. The van der Waals surface area contributed by atoms with Gasteiger partial charge in [0, 0.05) is 7.05 Å². The molecular formula is C11H17NO3. The maximum atomic E-state index is 11.5. The summed E-state index contributed by atoms with van der Waals surface area (Å²) in [6.07, 6.45) is 3.31. The van der Waals surface area contributed by atoms with Crippen LogP contribution in [-0.2, 0) is 7.05 Å². The fourth-order valence-electron chi connectivity index (χ4n) is 1.27. The van der Waals surface area contributed by atoms with Crippen molar-refractivity contribution in [1.29, 1.82) is 0 Å². The van der Waals surface area contributed by atoms with Crippen LogP contribution in [0.3, 0.4) is 0 Å². The van der Waals surface area contributed by atoms with Gasteiger partial charge >= 0.3 is 0 Å². The second-order valence-electron chi connectivity index (χ2n) is 3.57. The van der Waals surface area contributed by atoms with Gasteiger partial charge in [0.25, 0.3) is 5.43 Å². The van der Waals surface area contributed by atoms with E-state index >= 15 is 0 Å². The van der Waals surface area contributed by atoms with Crippen molar-refractivity contribution in [1.82, 2.24) is 4.57 Å². The van der Waals surface area contributed by atoms with Crippen LogP contribution >= 0.6 is 0 Å². The number of pyridine rings is 1. The van der Waals surface area contributed by atoms with Crippen molar-refractivity contribution in [3.8, 4) is 11.5 Å². The van der Waals surface area contributed by atoms with E-state index < -0.39 is 5.43 Å². The lowest BCUT2D eigenvalue weighted by Gasteiger charge is -2.11. The normalized spacial score (nSPS) is 10.3. The molecule has 4 nitrogen and oxygen atoms in total. The SMILES string of the molecule is CCCCOc1c(C)n(C)cc(O)c1=O. The van der Waals surface area contributed by atoms with E-state index in [0.29, 0.717) is 6.61 Å². The van der Waals surface area contributed by atoms with E-state index in [1.165, 1.54) is 6.20 Å². The number of aromatic hydroxyl groups is 1. The monoisotopic (exact) mass is 211 g/mol. The van der Waals surface area contributed by atoms with Crippen molar-refractivity contribution < 1.29 is 9.84 Å². The molecule has 1 aromatic heterocycles. The van der Waals surface area contributed by atoms with Crippen LogP contribution in [0, 0.1) is 6.92 Å². The minimum atomic E-state index is -0.429. The van der Waals surface area contributed by atoms with Gasteiger partial charge < -0.3 is 14.4 Å². The molecule has 1 N–H and O–H groups in total. The summed E-state index contributed by atoms with van der Waals surface area (Å²) >= 11 is 0.